The van der Waals surface area contributed by atoms with E-state index in [1.807, 2.05) is 11.0 Å². The monoisotopic (exact) mass is 383 g/mol. The van der Waals surface area contributed by atoms with Crippen molar-refractivity contribution < 1.29 is 9.18 Å². The second-order valence-electron chi connectivity index (χ2n) is 7.26. The first-order valence-electron chi connectivity index (χ1n) is 10.2. The Morgan fingerprint density at radius 2 is 1.64 bits per heavy atom. The number of carbonyl (C=O) groups excluding carboxylic acids is 1. The van der Waals surface area contributed by atoms with Crippen molar-refractivity contribution in [3.8, 4) is 0 Å². The van der Waals surface area contributed by atoms with Crippen molar-refractivity contribution in [1.82, 2.24) is 9.80 Å². The SMILES string of the molecule is CCN(CCC(=O)N1CCN(c2ccc(F)cc2)CC1)CCc1ccccc1. The minimum absolute atomic E-state index is 0.217. The van der Waals surface area contributed by atoms with Crippen molar-refractivity contribution in [1.29, 1.82) is 0 Å². The fraction of sp³-hybridized carbons (Fsp3) is 0.435. The normalized spacial score (nSPS) is 14.5. The van der Waals surface area contributed by atoms with Gasteiger partial charge < -0.3 is 14.7 Å². The van der Waals surface area contributed by atoms with Crippen LogP contribution in [0.1, 0.15) is 18.9 Å². The molecule has 0 unspecified atom stereocenters. The Morgan fingerprint density at radius 3 is 2.29 bits per heavy atom. The van der Waals surface area contributed by atoms with Gasteiger partial charge in [-0.15, -0.1) is 0 Å². The fourth-order valence-electron chi connectivity index (χ4n) is 3.64. The van der Waals surface area contributed by atoms with E-state index in [2.05, 4.69) is 41.0 Å². The van der Waals surface area contributed by atoms with Gasteiger partial charge in [-0.2, -0.15) is 0 Å². The number of amides is 1. The Balaban J connectivity index is 1.40. The summed E-state index contributed by atoms with van der Waals surface area (Å²) < 4.78 is 13.1. The van der Waals surface area contributed by atoms with E-state index in [4.69, 9.17) is 0 Å². The average molecular weight is 384 g/mol. The molecule has 5 heteroatoms. The molecule has 0 N–H and O–H groups in total. The van der Waals surface area contributed by atoms with E-state index in [-0.39, 0.29) is 11.7 Å². The van der Waals surface area contributed by atoms with E-state index in [1.165, 1.54) is 17.7 Å². The quantitative estimate of drug-likeness (QED) is 0.699. The number of hydrogen-bond acceptors (Lipinski definition) is 3. The Morgan fingerprint density at radius 1 is 0.964 bits per heavy atom. The molecule has 2 aromatic rings. The summed E-state index contributed by atoms with van der Waals surface area (Å²) in [7, 11) is 0. The van der Waals surface area contributed by atoms with Crippen LogP contribution in [0, 0.1) is 5.82 Å². The second kappa shape index (κ2) is 10.2. The highest BCUT2D eigenvalue weighted by Crippen LogP contribution is 2.17. The van der Waals surface area contributed by atoms with Gasteiger partial charge in [-0.3, -0.25) is 4.79 Å². The molecule has 0 spiro atoms. The fourth-order valence-corrected chi connectivity index (χ4v) is 3.64. The molecule has 4 nitrogen and oxygen atoms in total. The molecule has 1 fully saturated rings. The zero-order valence-electron chi connectivity index (χ0n) is 16.7. The number of carbonyl (C=O) groups is 1. The third-order valence-corrected chi connectivity index (χ3v) is 5.47. The maximum atomic E-state index is 13.1. The third-order valence-electron chi connectivity index (χ3n) is 5.47. The standard InChI is InChI=1S/C23H30FN3O/c1-2-25(14-12-20-6-4-3-5-7-20)15-13-23(28)27-18-16-26(17-19-27)22-10-8-21(24)9-11-22/h3-11H,2,12-19H2,1H3. The van der Waals surface area contributed by atoms with Crippen LogP contribution in [0.3, 0.4) is 0 Å². The van der Waals surface area contributed by atoms with Crippen LogP contribution in [0.25, 0.3) is 0 Å². The summed E-state index contributed by atoms with van der Waals surface area (Å²) in [5.74, 6) is 0.0159. The van der Waals surface area contributed by atoms with Crippen LogP contribution in [0.2, 0.25) is 0 Å². The van der Waals surface area contributed by atoms with Crippen LogP contribution in [-0.4, -0.2) is 61.5 Å². The lowest BCUT2D eigenvalue weighted by atomic mass is 10.1. The first kappa shape index (κ1) is 20.3. The zero-order chi connectivity index (χ0) is 19.8. The number of likely N-dealkylation sites (N-methyl/N-ethyl adjacent to an activating group) is 1. The number of nitrogens with zero attached hydrogens (tertiary/aromatic N) is 3. The molecule has 0 aliphatic carbocycles. The number of halogens is 1. The van der Waals surface area contributed by atoms with Gasteiger partial charge >= 0.3 is 0 Å². The molecule has 0 saturated carbocycles. The van der Waals surface area contributed by atoms with Gasteiger partial charge in [-0.05, 0) is 42.8 Å². The van der Waals surface area contributed by atoms with E-state index in [0.717, 1.165) is 57.9 Å². The predicted octanol–water partition coefficient (Wildman–Crippen LogP) is 3.43. The second-order valence-corrected chi connectivity index (χ2v) is 7.26. The molecule has 2 aromatic carbocycles. The molecule has 1 aliphatic heterocycles. The van der Waals surface area contributed by atoms with Gasteiger partial charge in [0.05, 0.1) is 0 Å². The number of piperazine rings is 1. The largest absolute Gasteiger partial charge is 0.368 e. The molecular formula is C23H30FN3O. The van der Waals surface area contributed by atoms with Crippen LogP contribution in [0.15, 0.2) is 54.6 Å². The molecule has 0 bridgehead atoms. The van der Waals surface area contributed by atoms with Gasteiger partial charge in [0.1, 0.15) is 5.82 Å². The van der Waals surface area contributed by atoms with E-state index >= 15 is 0 Å². The molecule has 0 aromatic heterocycles. The summed E-state index contributed by atoms with van der Waals surface area (Å²) in [5, 5.41) is 0. The highest BCUT2D eigenvalue weighted by atomic mass is 19.1. The lowest BCUT2D eigenvalue weighted by Gasteiger charge is -2.36. The lowest BCUT2D eigenvalue weighted by Crippen LogP contribution is -2.49. The lowest BCUT2D eigenvalue weighted by molar-refractivity contribution is -0.131. The maximum absolute atomic E-state index is 13.1. The number of hydrogen-bond donors (Lipinski definition) is 0. The van der Waals surface area contributed by atoms with Crippen molar-refractivity contribution in [2.24, 2.45) is 0 Å². The van der Waals surface area contributed by atoms with E-state index in [1.54, 1.807) is 12.1 Å². The summed E-state index contributed by atoms with van der Waals surface area (Å²) in [6.07, 6.45) is 1.58. The Kier molecular flexibility index (Phi) is 7.43. The molecule has 150 valence electrons. The van der Waals surface area contributed by atoms with E-state index < -0.39 is 0 Å². The minimum Gasteiger partial charge on any atom is -0.368 e. The summed E-state index contributed by atoms with van der Waals surface area (Å²) >= 11 is 0. The highest BCUT2D eigenvalue weighted by molar-refractivity contribution is 5.76. The summed E-state index contributed by atoms with van der Waals surface area (Å²) in [5.41, 5.74) is 2.36. The summed E-state index contributed by atoms with van der Waals surface area (Å²) in [6.45, 7) is 7.94. The van der Waals surface area contributed by atoms with Crippen molar-refractivity contribution in [3.63, 3.8) is 0 Å². The zero-order valence-corrected chi connectivity index (χ0v) is 16.7. The van der Waals surface area contributed by atoms with Crippen molar-refractivity contribution in [3.05, 3.63) is 66.0 Å². The van der Waals surface area contributed by atoms with E-state index in [9.17, 15) is 9.18 Å². The van der Waals surface area contributed by atoms with Crippen molar-refractivity contribution in [2.75, 3.05) is 50.7 Å². The van der Waals surface area contributed by atoms with Crippen molar-refractivity contribution in [2.45, 2.75) is 19.8 Å². The number of anilines is 1. The van der Waals surface area contributed by atoms with Crippen LogP contribution in [0.5, 0.6) is 0 Å². The molecule has 1 heterocycles. The molecular weight excluding hydrogens is 353 g/mol. The molecule has 3 rings (SSSR count). The molecule has 28 heavy (non-hydrogen) atoms. The Bertz CT molecular complexity index is 727. The predicted molar refractivity (Wildman–Crippen MR) is 112 cm³/mol. The smallest absolute Gasteiger partial charge is 0.223 e. The number of rotatable bonds is 8. The first-order chi connectivity index (χ1) is 13.7. The topological polar surface area (TPSA) is 26.8 Å². The van der Waals surface area contributed by atoms with Gasteiger partial charge in [0.15, 0.2) is 0 Å². The molecule has 1 aliphatic rings. The molecule has 1 amide bonds. The Hall–Kier alpha value is -2.40. The van der Waals surface area contributed by atoms with Crippen molar-refractivity contribution >= 4 is 11.6 Å². The highest BCUT2D eigenvalue weighted by Gasteiger charge is 2.21. The van der Waals surface area contributed by atoms with Crippen LogP contribution < -0.4 is 4.90 Å². The third kappa shape index (κ3) is 5.80. The van der Waals surface area contributed by atoms with Gasteiger partial charge in [0.2, 0.25) is 5.91 Å². The van der Waals surface area contributed by atoms with E-state index in [0.29, 0.717) is 6.42 Å². The maximum Gasteiger partial charge on any atom is 0.223 e. The average Bonchev–Trinajstić information content (AvgIpc) is 2.75. The van der Waals surface area contributed by atoms with Gasteiger partial charge in [0.25, 0.3) is 0 Å². The summed E-state index contributed by atoms with van der Waals surface area (Å²) in [6, 6.07) is 17.1. The first-order valence-corrected chi connectivity index (χ1v) is 10.2. The number of benzene rings is 2. The molecule has 1 saturated heterocycles. The Labute approximate surface area is 167 Å². The van der Waals surface area contributed by atoms with Crippen LogP contribution in [-0.2, 0) is 11.2 Å². The van der Waals surface area contributed by atoms with Crippen LogP contribution in [0.4, 0.5) is 10.1 Å². The molecule has 0 radical (unpaired) electrons. The van der Waals surface area contributed by atoms with Gasteiger partial charge in [-0.25, -0.2) is 4.39 Å². The minimum atomic E-state index is -0.217. The van der Waals surface area contributed by atoms with Gasteiger partial charge in [0, 0.05) is 51.4 Å². The molecule has 0 atom stereocenters. The van der Waals surface area contributed by atoms with Crippen LogP contribution >= 0.6 is 0 Å². The van der Waals surface area contributed by atoms with Gasteiger partial charge in [-0.1, -0.05) is 37.3 Å². The summed E-state index contributed by atoms with van der Waals surface area (Å²) in [4.78, 5) is 19.1.